The molecule has 4 rings (SSSR count). The molecule has 1 aliphatic rings. The van der Waals surface area contributed by atoms with Crippen molar-refractivity contribution in [3.8, 4) is 11.3 Å². The largest absolute Gasteiger partial charge is 0.416 e. The summed E-state index contributed by atoms with van der Waals surface area (Å²) in [4.78, 5) is 27.2. The molecule has 0 radical (unpaired) electrons. The molecule has 160 valence electrons. The van der Waals surface area contributed by atoms with Gasteiger partial charge in [0.15, 0.2) is 0 Å². The molecule has 2 amide bonds. The summed E-state index contributed by atoms with van der Waals surface area (Å²) >= 11 is 0. The molecule has 6 nitrogen and oxygen atoms in total. The van der Waals surface area contributed by atoms with E-state index in [0.717, 1.165) is 23.4 Å². The number of nitrogens with zero attached hydrogens (tertiary/aromatic N) is 2. The number of fused-ring (bicyclic) bond motifs is 1. The molecule has 0 spiro atoms. The Balaban J connectivity index is 1.61. The fourth-order valence-corrected chi connectivity index (χ4v) is 3.67. The SMILES string of the molecule is Cc1onc(-c2ccc(C(F)(F)F)cc2)c1C(=O)NC1Cc2ccccc2N(C)C1=O. The van der Waals surface area contributed by atoms with Gasteiger partial charge in [-0.2, -0.15) is 13.2 Å². The van der Waals surface area contributed by atoms with Gasteiger partial charge in [-0.25, -0.2) is 0 Å². The third-order valence-electron chi connectivity index (χ3n) is 5.29. The lowest BCUT2D eigenvalue weighted by molar-refractivity contribution is -0.137. The van der Waals surface area contributed by atoms with Gasteiger partial charge < -0.3 is 14.7 Å². The minimum Gasteiger partial charge on any atom is -0.360 e. The number of carbonyl (C=O) groups is 2. The van der Waals surface area contributed by atoms with Gasteiger partial charge in [0.2, 0.25) is 5.91 Å². The van der Waals surface area contributed by atoms with Crippen LogP contribution in [0.1, 0.15) is 27.2 Å². The fraction of sp³-hybridized carbons (Fsp3) is 0.227. The maximum absolute atomic E-state index is 13.0. The lowest BCUT2D eigenvalue weighted by atomic mass is 9.97. The molecule has 31 heavy (non-hydrogen) atoms. The number of likely N-dealkylation sites (N-methyl/N-ethyl adjacent to an activating group) is 1. The van der Waals surface area contributed by atoms with Gasteiger partial charge >= 0.3 is 6.18 Å². The number of anilines is 1. The Hall–Kier alpha value is -3.62. The average molecular weight is 429 g/mol. The molecule has 0 fully saturated rings. The Labute approximate surface area is 175 Å². The number of alkyl halides is 3. The second-order valence-corrected chi connectivity index (χ2v) is 7.29. The lowest BCUT2D eigenvalue weighted by Gasteiger charge is -2.31. The van der Waals surface area contributed by atoms with E-state index in [1.165, 1.54) is 24.0 Å². The topological polar surface area (TPSA) is 75.4 Å². The molecular weight excluding hydrogens is 411 g/mol. The molecule has 2 heterocycles. The molecule has 1 N–H and O–H groups in total. The van der Waals surface area contributed by atoms with Crippen LogP contribution in [0.25, 0.3) is 11.3 Å². The Bertz CT molecular complexity index is 1150. The van der Waals surface area contributed by atoms with Crippen molar-refractivity contribution < 1.29 is 27.3 Å². The van der Waals surface area contributed by atoms with E-state index in [-0.39, 0.29) is 22.9 Å². The highest BCUT2D eigenvalue weighted by Gasteiger charge is 2.34. The summed E-state index contributed by atoms with van der Waals surface area (Å²) in [5, 5.41) is 6.57. The summed E-state index contributed by atoms with van der Waals surface area (Å²) in [5.74, 6) is -0.651. The van der Waals surface area contributed by atoms with E-state index < -0.39 is 23.7 Å². The number of hydrogen-bond donors (Lipinski definition) is 1. The van der Waals surface area contributed by atoms with Crippen LogP contribution in [0.4, 0.5) is 18.9 Å². The van der Waals surface area contributed by atoms with E-state index in [2.05, 4.69) is 10.5 Å². The summed E-state index contributed by atoms with van der Waals surface area (Å²) in [5.41, 5.74) is 1.38. The van der Waals surface area contributed by atoms with Gasteiger partial charge in [-0.3, -0.25) is 9.59 Å². The van der Waals surface area contributed by atoms with Gasteiger partial charge in [0.05, 0.1) is 5.56 Å². The average Bonchev–Trinajstić information content (AvgIpc) is 3.13. The number of hydrogen-bond acceptors (Lipinski definition) is 4. The van der Waals surface area contributed by atoms with E-state index in [4.69, 9.17) is 4.52 Å². The number of aromatic nitrogens is 1. The Morgan fingerprint density at radius 1 is 1.16 bits per heavy atom. The van der Waals surface area contributed by atoms with Crippen molar-refractivity contribution in [1.82, 2.24) is 10.5 Å². The highest BCUT2D eigenvalue weighted by atomic mass is 19.4. The molecule has 0 saturated carbocycles. The van der Waals surface area contributed by atoms with Crippen LogP contribution in [0.2, 0.25) is 0 Å². The van der Waals surface area contributed by atoms with Gasteiger partial charge in [0.25, 0.3) is 5.91 Å². The normalized spacial score (nSPS) is 16.2. The smallest absolute Gasteiger partial charge is 0.360 e. The summed E-state index contributed by atoms with van der Waals surface area (Å²) in [7, 11) is 1.64. The maximum atomic E-state index is 13.0. The van der Waals surface area contributed by atoms with Crippen molar-refractivity contribution in [2.45, 2.75) is 25.6 Å². The summed E-state index contributed by atoms with van der Waals surface area (Å²) < 4.78 is 43.6. The molecule has 1 aromatic heterocycles. The maximum Gasteiger partial charge on any atom is 0.416 e. The van der Waals surface area contributed by atoms with Crippen LogP contribution < -0.4 is 10.2 Å². The molecule has 3 aromatic rings. The highest BCUT2D eigenvalue weighted by molar-refractivity contribution is 6.06. The van der Waals surface area contributed by atoms with Crippen molar-refractivity contribution in [1.29, 1.82) is 0 Å². The number of para-hydroxylation sites is 1. The fourth-order valence-electron chi connectivity index (χ4n) is 3.67. The number of rotatable bonds is 3. The first-order valence-corrected chi connectivity index (χ1v) is 9.47. The third-order valence-corrected chi connectivity index (χ3v) is 5.29. The zero-order valence-electron chi connectivity index (χ0n) is 16.7. The Morgan fingerprint density at radius 2 is 1.84 bits per heavy atom. The van der Waals surface area contributed by atoms with Gasteiger partial charge in [-0.1, -0.05) is 35.5 Å². The Kier molecular flexibility index (Phi) is 5.04. The van der Waals surface area contributed by atoms with Crippen LogP contribution in [0.3, 0.4) is 0 Å². The molecule has 9 heteroatoms. The first-order chi connectivity index (χ1) is 14.7. The zero-order valence-corrected chi connectivity index (χ0v) is 16.7. The van der Waals surface area contributed by atoms with Crippen molar-refractivity contribution >= 4 is 17.5 Å². The summed E-state index contributed by atoms with van der Waals surface area (Å²) in [6.07, 6.45) is -4.15. The minimum atomic E-state index is -4.47. The number of amides is 2. The predicted molar refractivity (Wildman–Crippen MR) is 106 cm³/mol. The van der Waals surface area contributed by atoms with E-state index in [9.17, 15) is 22.8 Å². The van der Waals surface area contributed by atoms with E-state index in [1.807, 2.05) is 24.3 Å². The van der Waals surface area contributed by atoms with Crippen molar-refractivity contribution in [2.75, 3.05) is 11.9 Å². The van der Waals surface area contributed by atoms with Crippen LogP contribution in [0.15, 0.2) is 53.1 Å². The number of halogens is 3. The lowest BCUT2D eigenvalue weighted by Crippen LogP contribution is -2.51. The molecule has 0 bridgehead atoms. The second kappa shape index (κ2) is 7.57. The highest BCUT2D eigenvalue weighted by Crippen LogP contribution is 2.32. The minimum absolute atomic E-state index is 0.0778. The van der Waals surface area contributed by atoms with Crippen molar-refractivity contribution in [3.05, 3.63) is 71.0 Å². The monoisotopic (exact) mass is 429 g/mol. The van der Waals surface area contributed by atoms with Gasteiger partial charge in [-0.05, 0) is 30.7 Å². The zero-order chi connectivity index (χ0) is 22.3. The second-order valence-electron chi connectivity index (χ2n) is 7.29. The van der Waals surface area contributed by atoms with Crippen LogP contribution in [-0.4, -0.2) is 30.1 Å². The number of nitrogens with one attached hydrogen (secondary N) is 1. The van der Waals surface area contributed by atoms with E-state index in [1.54, 1.807) is 7.05 Å². The molecule has 0 saturated heterocycles. The Morgan fingerprint density at radius 3 is 2.52 bits per heavy atom. The number of carbonyl (C=O) groups excluding carboxylic acids is 2. The van der Waals surface area contributed by atoms with Gasteiger partial charge in [0, 0.05) is 24.7 Å². The van der Waals surface area contributed by atoms with Crippen LogP contribution in [-0.2, 0) is 17.4 Å². The predicted octanol–water partition coefficient (Wildman–Crippen LogP) is 3.99. The molecule has 2 aromatic carbocycles. The molecule has 1 aliphatic heterocycles. The molecule has 1 atom stereocenters. The van der Waals surface area contributed by atoms with E-state index >= 15 is 0 Å². The first-order valence-electron chi connectivity index (χ1n) is 9.47. The number of aryl methyl sites for hydroxylation is 1. The summed E-state index contributed by atoms with van der Waals surface area (Å²) in [6, 6.07) is 10.9. The third kappa shape index (κ3) is 3.78. The summed E-state index contributed by atoms with van der Waals surface area (Å²) in [6.45, 7) is 1.53. The molecule has 1 unspecified atom stereocenters. The first kappa shape index (κ1) is 20.6. The quantitative estimate of drug-likeness (QED) is 0.683. The van der Waals surface area contributed by atoms with Crippen molar-refractivity contribution in [3.63, 3.8) is 0 Å². The van der Waals surface area contributed by atoms with Crippen LogP contribution >= 0.6 is 0 Å². The number of benzene rings is 2. The van der Waals surface area contributed by atoms with E-state index in [0.29, 0.717) is 12.0 Å². The van der Waals surface area contributed by atoms with Crippen LogP contribution in [0, 0.1) is 6.92 Å². The standard InChI is InChI=1S/C22H18F3N3O3/c1-12-18(19(27-31-12)13-7-9-15(10-8-13)22(23,24)25)20(29)26-16-11-14-5-3-4-6-17(14)28(2)21(16)30/h3-10,16H,11H2,1-2H3,(H,26,29). The van der Waals surface area contributed by atoms with Gasteiger partial charge in [-0.15, -0.1) is 0 Å². The van der Waals surface area contributed by atoms with Gasteiger partial charge in [0.1, 0.15) is 23.1 Å². The van der Waals surface area contributed by atoms with Crippen molar-refractivity contribution in [2.24, 2.45) is 0 Å². The van der Waals surface area contributed by atoms with Crippen LogP contribution in [0.5, 0.6) is 0 Å². The molecule has 0 aliphatic carbocycles. The molecular formula is C22H18F3N3O3.